The molecule has 0 aliphatic heterocycles. The van der Waals surface area contributed by atoms with Crippen LogP contribution in [0.25, 0.3) is 0 Å². The van der Waals surface area contributed by atoms with Gasteiger partial charge in [-0.05, 0) is 40.3 Å². The van der Waals surface area contributed by atoms with Crippen molar-refractivity contribution in [2.45, 2.75) is 52.2 Å². The van der Waals surface area contributed by atoms with Gasteiger partial charge in [0, 0.05) is 5.54 Å². The van der Waals surface area contributed by atoms with Crippen molar-refractivity contribution in [2.24, 2.45) is 5.92 Å². The van der Waals surface area contributed by atoms with Gasteiger partial charge in [-0.2, -0.15) is 0 Å². The lowest BCUT2D eigenvalue weighted by Gasteiger charge is -2.38. The first kappa shape index (κ1) is 12.9. The Morgan fingerprint density at radius 3 is 2.08 bits per heavy atom. The molecule has 0 aromatic carbocycles. The van der Waals surface area contributed by atoms with Crippen LogP contribution in [0.1, 0.15) is 40.5 Å². The third-order valence-electron chi connectivity index (χ3n) is 3.29. The van der Waals surface area contributed by atoms with Crippen molar-refractivity contribution in [1.82, 2.24) is 4.90 Å². The van der Waals surface area contributed by atoms with Crippen LogP contribution in [0.3, 0.4) is 0 Å². The number of rotatable bonds is 5. The van der Waals surface area contributed by atoms with Gasteiger partial charge in [0.1, 0.15) is 0 Å². The lowest BCUT2D eigenvalue weighted by molar-refractivity contribution is 0.00339. The van der Waals surface area contributed by atoms with Crippen LogP contribution in [-0.2, 0) is 0 Å². The van der Waals surface area contributed by atoms with Crippen molar-refractivity contribution in [3.63, 3.8) is 0 Å². The van der Waals surface area contributed by atoms with Gasteiger partial charge in [-0.25, -0.2) is 0 Å². The van der Waals surface area contributed by atoms with Gasteiger partial charge in [0.2, 0.25) is 0 Å². The van der Waals surface area contributed by atoms with E-state index >= 15 is 0 Å². The van der Waals surface area contributed by atoms with E-state index in [1.165, 1.54) is 0 Å². The number of hydrogen-bond acceptors (Lipinski definition) is 2. The molecule has 13 heavy (non-hydrogen) atoms. The number of hydrogen-bond donors (Lipinski definition) is 1. The summed E-state index contributed by atoms with van der Waals surface area (Å²) in [4.78, 5) is 2.08. The summed E-state index contributed by atoms with van der Waals surface area (Å²) in [5.74, 6) is 0.606. The van der Waals surface area contributed by atoms with E-state index in [1.54, 1.807) is 0 Å². The minimum atomic E-state index is -0.238. The molecule has 0 bridgehead atoms. The number of aliphatic hydroxyl groups is 1. The molecule has 0 aromatic heterocycles. The Hall–Kier alpha value is -0.0800. The van der Waals surface area contributed by atoms with Gasteiger partial charge in [0.25, 0.3) is 0 Å². The van der Waals surface area contributed by atoms with E-state index < -0.39 is 0 Å². The molecule has 0 saturated heterocycles. The predicted molar refractivity (Wildman–Crippen MR) is 57.8 cm³/mol. The largest absolute Gasteiger partial charge is 0.391 e. The zero-order chi connectivity index (χ0) is 10.6. The number of nitrogens with zero attached hydrogens (tertiary/aromatic N) is 1. The third kappa shape index (κ3) is 3.65. The SMILES string of the molecule is CCC(C)CC(O)C(C)(C)N(C)C. The van der Waals surface area contributed by atoms with Gasteiger partial charge in [-0.15, -0.1) is 0 Å². The highest BCUT2D eigenvalue weighted by atomic mass is 16.3. The summed E-state index contributed by atoms with van der Waals surface area (Å²) in [5.41, 5.74) is -0.122. The highest BCUT2D eigenvalue weighted by molar-refractivity contribution is 4.86. The average molecular weight is 187 g/mol. The fourth-order valence-electron chi connectivity index (χ4n) is 1.13. The Balaban J connectivity index is 4.16. The van der Waals surface area contributed by atoms with E-state index in [9.17, 15) is 5.11 Å². The van der Waals surface area contributed by atoms with Gasteiger partial charge < -0.3 is 10.0 Å². The topological polar surface area (TPSA) is 23.5 Å². The van der Waals surface area contributed by atoms with Crippen LogP contribution in [-0.4, -0.2) is 35.7 Å². The van der Waals surface area contributed by atoms with Gasteiger partial charge in [0.05, 0.1) is 6.10 Å². The van der Waals surface area contributed by atoms with Crippen LogP contribution >= 0.6 is 0 Å². The molecule has 0 aromatic rings. The molecule has 0 aliphatic carbocycles. The van der Waals surface area contributed by atoms with E-state index in [4.69, 9.17) is 0 Å². The Morgan fingerprint density at radius 2 is 1.77 bits per heavy atom. The molecule has 1 N–H and O–H groups in total. The van der Waals surface area contributed by atoms with Crippen molar-refractivity contribution in [3.8, 4) is 0 Å². The maximum Gasteiger partial charge on any atom is 0.0720 e. The monoisotopic (exact) mass is 187 g/mol. The average Bonchev–Trinajstić information content (AvgIpc) is 2.03. The van der Waals surface area contributed by atoms with Crippen molar-refractivity contribution in [3.05, 3.63) is 0 Å². The first-order valence-corrected chi connectivity index (χ1v) is 5.17. The second-order valence-electron chi connectivity index (χ2n) is 4.81. The molecule has 2 nitrogen and oxygen atoms in total. The van der Waals surface area contributed by atoms with Gasteiger partial charge in [-0.3, -0.25) is 0 Å². The molecular formula is C11H25NO. The molecule has 0 rings (SSSR count). The maximum absolute atomic E-state index is 10.0. The van der Waals surface area contributed by atoms with E-state index in [0.717, 1.165) is 12.8 Å². The van der Waals surface area contributed by atoms with Crippen molar-refractivity contribution in [1.29, 1.82) is 0 Å². The van der Waals surface area contributed by atoms with Gasteiger partial charge in [0.15, 0.2) is 0 Å². The molecule has 80 valence electrons. The molecule has 0 spiro atoms. The van der Waals surface area contributed by atoms with Gasteiger partial charge in [-0.1, -0.05) is 20.3 Å². The van der Waals surface area contributed by atoms with Crippen LogP contribution in [0.4, 0.5) is 0 Å². The number of likely N-dealkylation sites (N-methyl/N-ethyl adjacent to an activating group) is 1. The van der Waals surface area contributed by atoms with Crippen LogP contribution in [0, 0.1) is 5.92 Å². The highest BCUT2D eigenvalue weighted by Gasteiger charge is 2.30. The van der Waals surface area contributed by atoms with Crippen LogP contribution < -0.4 is 0 Å². The predicted octanol–water partition coefficient (Wildman–Crippen LogP) is 2.12. The van der Waals surface area contributed by atoms with Gasteiger partial charge >= 0.3 is 0 Å². The Labute approximate surface area is 82.9 Å². The summed E-state index contributed by atoms with van der Waals surface area (Å²) in [6, 6.07) is 0. The fourth-order valence-corrected chi connectivity index (χ4v) is 1.13. The molecule has 2 atom stereocenters. The minimum Gasteiger partial charge on any atom is -0.391 e. The smallest absolute Gasteiger partial charge is 0.0720 e. The summed E-state index contributed by atoms with van der Waals surface area (Å²) >= 11 is 0. The minimum absolute atomic E-state index is 0.122. The van der Waals surface area contributed by atoms with Crippen LogP contribution in [0.2, 0.25) is 0 Å². The zero-order valence-corrected chi connectivity index (χ0v) is 9.96. The van der Waals surface area contributed by atoms with E-state index in [2.05, 4.69) is 32.6 Å². The first-order chi connectivity index (χ1) is 5.82. The lowest BCUT2D eigenvalue weighted by Crippen LogP contribution is -2.49. The standard InChI is InChI=1S/C11H25NO/c1-7-9(2)8-10(13)11(3,4)12(5)6/h9-10,13H,7-8H2,1-6H3. The van der Waals surface area contributed by atoms with Crippen LogP contribution in [0.15, 0.2) is 0 Å². The molecule has 2 unspecified atom stereocenters. The van der Waals surface area contributed by atoms with E-state index in [1.807, 2.05) is 14.1 Å². The lowest BCUT2D eigenvalue weighted by atomic mass is 9.88. The van der Waals surface area contributed by atoms with Crippen LogP contribution in [0.5, 0.6) is 0 Å². The molecule has 0 amide bonds. The summed E-state index contributed by atoms with van der Waals surface area (Å²) in [7, 11) is 4.03. The zero-order valence-electron chi connectivity index (χ0n) is 9.96. The summed E-state index contributed by atoms with van der Waals surface area (Å²) in [5, 5.41) is 10.0. The van der Waals surface area contributed by atoms with Crippen molar-refractivity contribution in [2.75, 3.05) is 14.1 Å². The van der Waals surface area contributed by atoms with E-state index in [-0.39, 0.29) is 11.6 Å². The molecular weight excluding hydrogens is 162 g/mol. The molecule has 2 heteroatoms. The quantitative estimate of drug-likeness (QED) is 0.712. The maximum atomic E-state index is 10.0. The normalized spacial score (nSPS) is 17.5. The summed E-state index contributed by atoms with van der Waals surface area (Å²) < 4.78 is 0. The molecule has 0 aliphatic rings. The third-order valence-corrected chi connectivity index (χ3v) is 3.29. The first-order valence-electron chi connectivity index (χ1n) is 5.17. The second kappa shape index (κ2) is 4.97. The Bertz CT molecular complexity index is 143. The Morgan fingerprint density at radius 1 is 1.31 bits per heavy atom. The highest BCUT2D eigenvalue weighted by Crippen LogP contribution is 2.22. The summed E-state index contributed by atoms with van der Waals surface area (Å²) in [6.45, 7) is 8.52. The molecule has 0 fully saturated rings. The Kier molecular flexibility index (Phi) is 4.93. The molecule has 0 radical (unpaired) electrons. The van der Waals surface area contributed by atoms with Crippen molar-refractivity contribution < 1.29 is 5.11 Å². The summed E-state index contributed by atoms with van der Waals surface area (Å²) in [6.07, 6.45) is 1.79. The molecule has 0 heterocycles. The fraction of sp³-hybridized carbons (Fsp3) is 1.00. The second-order valence-corrected chi connectivity index (χ2v) is 4.81. The number of aliphatic hydroxyl groups excluding tert-OH is 1. The van der Waals surface area contributed by atoms with Crippen molar-refractivity contribution >= 4 is 0 Å². The molecule has 0 saturated carbocycles. The van der Waals surface area contributed by atoms with E-state index in [0.29, 0.717) is 5.92 Å².